The molecule has 0 radical (unpaired) electrons. The first kappa shape index (κ1) is 28.1. The van der Waals surface area contributed by atoms with Gasteiger partial charge in [-0.1, -0.05) is 121 Å². The number of pyridine rings is 1. The van der Waals surface area contributed by atoms with Crippen LogP contribution >= 0.6 is 0 Å². The quantitative estimate of drug-likeness (QED) is 0.188. The van der Waals surface area contributed by atoms with Crippen molar-refractivity contribution in [2.45, 2.75) is 0 Å². The molecule has 6 heteroatoms. The molecular weight excluding hydrogens is 613 g/mol. The van der Waals surface area contributed by atoms with E-state index >= 15 is 0 Å². The molecule has 0 atom stereocenters. The minimum atomic E-state index is 0.577. The zero-order valence-electron chi connectivity index (χ0n) is 26.8. The molecule has 0 bridgehead atoms. The summed E-state index contributed by atoms with van der Waals surface area (Å²) in [6.07, 6.45) is 3.82. The van der Waals surface area contributed by atoms with Crippen LogP contribution in [0.5, 0.6) is 0 Å². The Bertz CT molecular complexity index is 2800. The summed E-state index contributed by atoms with van der Waals surface area (Å²) in [6, 6.07) is 54.7. The Morgan fingerprint density at radius 3 is 1.52 bits per heavy atom. The van der Waals surface area contributed by atoms with Crippen LogP contribution in [0.1, 0.15) is 0 Å². The van der Waals surface area contributed by atoms with E-state index in [0.717, 1.165) is 60.8 Å². The van der Waals surface area contributed by atoms with Gasteiger partial charge in [-0.3, -0.25) is 9.55 Å². The van der Waals surface area contributed by atoms with Gasteiger partial charge in [-0.15, -0.1) is 0 Å². The molecule has 10 aromatic rings. The molecule has 0 unspecified atom stereocenters. The van der Waals surface area contributed by atoms with E-state index in [0.29, 0.717) is 17.6 Å². The van der Waals surface area contributed by atoms with E-state index in [1.807, 2.05) is 79.1 Å². The van der Waals surface area contributed by atoms with Gasteiger partial charge in [-0.2, -0.15) is 9.97 Å². The molecule has 0 saturated carbocycles. The summed E-state index contributed by atoms with van der Waals surface area (Å²) in [4.78, 5) is 19.7. The molecule has 50 heavy (non-hydrogen) atoms. The lowest BCUT2D eigenvalue weighted by Crippen LogP contribution is -2.06. The van der Waals surface area contributed by atoms with Gasteiger partial charge >= 0.3 is 0 Å². The third kappa shape index (κ3) is 4.50. The highest BCUT2D eigenvalue weighted by Crippen LogP contribution is 2.38. The largest absolute Gasteiger partial charge is 0.308 e. The fraction of sp³-hybridized carbons (Fsp3) is 0. The molecule has 234 valence electrons. The van der Waals surface area contributed by atoms with Crippen LogP contribution in [0.25, 0.3) is 89.2 Å². The zero-order chi connectivity index (χ0) is 33.0. The fourth-order valence-electron chi connectivity index (χ4n) is 7.16. The van der Waals surface area contributed by atoms with Crippen molar-refractivity contribution in [1.82, 2.24) is 29.1 Å². The van der Waals surface area contributed by atoms with Crippen molar-refractivity contribution in [2.24, 2.45) is 0 Å². The first-order valence-electron chi connectivity index (χ1n) is 16.6. The van der Waals surface area contributed by atoms with Crippen LogP contribution in [-0.4, -0.2) is 29.1 Å². The normalized spacial score (nSPS) is 11.6. The fourth-order valence-corrected chi connectivity index (χ4v) is 7.16. The second kappa shape index (κ2) is 11.4. The van der Waals surface area contributed by atoms with Crippen LogP contribution in [0.15, 0.2) is 170 Å². The SMILES string of the molecule is c1ccc(-c2nc(-c3ccccc3)nc(-n3c4ccccc4c4ccc(-c5ccc6c7ccncc7n(-c7ccccc7)c6c5)cc43)n2)cc1. The first-order chi connectivity index (χ1) is 24.8. The predicted molar refractivity (Wildman–Crippen MR) is 203 cm³/mol. The molecule has 6 aromatic carbocycles. The topological polar surface area (TPSA) is 61.4 Å². The van der Waals surface area contributed by atoms with E-state index in [1.54, 1.807) is 0 Å². The van der Waals surface area contributed by atoms with Gasteiger partial charge in [0.15, 0.2) is 11.6 Å². The Balaban J connectivity index is 1.22. The lowest BCUT2D eigenvalue weighted by molar-refractivity contribution is 0.953. The van der Waals surface area contributed by atoms with Gasteiger partial charge in [0.05, 0.1) is 28.3 Å². The molecular formula is C44H28N6. The van der Waals surface area contributed by atoms with Gasteiger partial charge in [0.25, 0.3) is 0 Å². The van der Waals surface area contributed by atoms with Crippen molar-refractivity contribution in [2.75, 3.05) is 0 Å². The third-order valence-corrected chi connectivity index (χ3v) is 9.48. The number of rotatable bonds is 5. The Hall–Kier alpha value is -6.92. The molecule has 10 rings (SSSR count). The maximum absolute atomic E-state index is 5.12. The van der Waals surface area contributed by atoms with Crippen molar-refractivity contribution in [3.8, 4) is 45.5 Å². The second-order valence-electron chi connectivity index (χ2n) is 12.4. The number of aromatic nitrogens is 6. The summed E-state index contributed by atoms with van der Waals surface area (Å²) in [5.41, 5.74) is 9.49. The average Bonchev–Trinajstić information content (AvgIpc) is 3.71. The Morgan fingerprint density at radius 1 is 0.360 bits per heavy atom. The monoisotopic (exact) mass is 640 g/mol. The number of hydrogen-bond donors (Lipinski definition) is 0. The Morgan fingerprint density at radius 2 is 0.880 bits per heavy atom. The minimum Gasteiger partial charge on any atom is -0.308 e. The summed E-state index contributed by atoms with van der Waals surface area (Å²) in [5.74, 6) is 1.84. The van der Waals surface area contributed by atoms with Gasteiger partial charge in [0.1, 0.15) is 0 Å². The number of fused-ring (bicyclic) bond motifs is 6. The standard InChI is InChI=1S/C44H28N6/c1-4-12-29(13-5-1)42-46-43(30-14-6-2-7-15-30)48-44(47-42)50-38-19-11-10-18-34(38)35-22-20-32(27-40(35)50)31-21-23-36-37-24-25-45-28-41(37)49(39(36)26-31)33-16-8-3-9-17-33/h1-28H. The Kier molecular flexibility index (Phi) is 6.39. The van der Waals surface area contributed by atoms with E-state index < -0.39 is 0 Å². The van der Waals surface area contributed by atoms with Gasteiger partial charge < -0.3 is 4.57 Å². The van der Waals surface area contributed by atoms with Crippen LogP contribution in [0.3, 0.4) is 0 Å². The van der Waals surface area contributed by atoms with Gasteiger partial charge in [-0.25, -0.2) is 4.98 Å². The summed E-state index contributed by atoms with van der Waals surface area (Å²) >= 11 is 0. The van der Waals surface area contributed by atoms with E-state index in [4.69, 9.17) is 15.0 Å². The molecule has 0 spiro atoms. The summed E-state index contributed by atoms with van der Waals surface area (Å²) < 4.78 is 4.48. The number of hydrogen-bond acceptors (Lipinski definition) is 4. The molecule has 0 N–H and O–H groups in total. The third-order valence-electron chi connectivity index (χ3n) is 9.48. The van der Waals surface area contributed by atoms with Crippen LogP contribution in [0, 0.1) is 0 Å². The van der Waals surface area contributed by atoms with E-state index in [9.17, 15) is 0 Å². The molecule has 0 saturated heterocycles. The van der Waals surface area contributed by atoms with E-state index in [1.165, 1.54) is 10.8 Å². The van der Waals surface area contributed by atoms with Crippen molar-refractivity contribution in [1.29, 1.82) is 0 Å². The highest BCUT2D eigenvalue weighted by Gasteiger charge is 2.19. The maximum Gasteiger partial charge on any atom is 0.238 e. The van der Waals surface area contributed by atoms with Crippen LogP contribution in [0.4, 0.5) is 0 Å². The maximum atomic E-state index is 5.12. The molecule has 0 aliphatic carbocycles. The number of nitrogens with zero attached hydrogens (tertiary/aromatic N) is 6. The van der Waals surface area contributed by atoms with E-state index in [-0.39, 0.29) is 0 Å². The van der Waals surface area contributed by atoms with Crippen molar-refractivity contribution in [3.63, 3.8) is 0 Å². The molecule has 0 fully saturated rings. The molecule has 4 heterocycles. The summed E-state index contributed by atoms with van der Waals surface area (Å²) in [7, 11) is 0. The van der Waals surface area contributed by atoms with Crippen molar-refractivity contribution in [3.05, 3.63) is 170 Å². The molecule has 0 amide bonds. The van der Waals surface area contributed by atoms with E-state index in [2.05, 4.69) is 105 Å². The molecule has 6 nitrogen and oxygen atoms in total. The number of para-hydroxylation sites is 2. The zero-order valence-corrected chi connectivity index (χ0v) is 26.8. The lowest BCUT2D eigenvalue weighted by Gasteiger charge is -2.12. The summed E-state index contributed by atoms with van der Waals surface area (Å²) in [5, 5.41) is 4.65. The van der Waals surface area contributed by atoms with Crippen molar-refractivity contribution < 1.29 is 0 Å². The Labute approximate surface area is 287 Å². The average molecular weight is 641 g/mol. The second-order valence-corrected chi connectivity index (χ2v) is 12.4. The molecule has 0 aliphatic rings. The van der Waals surface area contributed by atoms with Gasteiger partial charge in [0, 0.05) is 44.6 Å². The van der Waals surface area contributed by atoms with Crippen molar-refractivity contribution >= 4 is 43.6 Å². The first-order valence-corrected chi connectivity index (χ1v) is 16.6. The summed E-state index contributed by atoms with van der Waals surface area (Å²) in [6.45, 7) is 0. The van der Waals surface area contributed by atoms with Crippen LogP contribution < -0.4 is 0 Å². The molecule has 0 aliphatic heterocycles. The lowest BCUT2D eigenvalue weighted by atomic mass is 10.0. The minimum absolute atomic E-state index is 0.577. The van der Waals surface area contributed by atoms with Gasteiger partial charge in [-0.05, 0) is 47.5 Å². The smallest absolute Gasteiger partial charge is 0.238 e. The predicted octanol–water partition coefficient (Wildman–Crippen LogP) is 10.5. The highest BCUT2D eigenvalue weighted by molar-refractivity contribution is 6.12. The molecule has 4 aromatic heterocycles. The van der Waals surface area contributed by atoms with Gasteiger partial charge in [0.2, 0.25) is 5.95 Å². The van der Waals surface area contributed by atoms with Crippen LogP contribution in [0.2, 0.25) is 0 Å². The number of benzene rings is 6. The highest BCUT2D eigenvalue weighted by atomic mass is 15.2. The van der Waals surface area contributed by atoms with Crippen LogP contribution in [-0.2, 0) is 0 Å².